The van der Waals surface area contributed by atoms with E-state index in [4.69, 9.17) is 10.5 Å². The number of carboxylic acids is 1. The standard InChI is InChI=1S/C26H25NO4/c1-2-22(25(28)29)20-14-9-15-21(16-20)24(19-12-7-4-8-13-19)23(17-31-26(27)30)18-10-5-3-6-11-18/h3-16,22H,2,17H2,1H3,(H2,27,30)(H,28,29). The van der Waals surface area contributed by atoms with Gasteiger partial charge in [-0.3, -0.25) is 4.79 Å². The summed E-state index contributed by atoms with van der Waals surface area (Å²) in [7, 11) is 0. The van der Waals surface area contributed by atoms with Gasteiger partial charge < -0.3 is 15.6 Å². The Morgan fingerprint density at radius 1 is 0.871 bits per heavy atom. The van der Waals surface area contributed by atoms with Gasteiger partial charge in [-0.2, -0.15) is 0 Å². The minimum Gasteiger partial charge on any atom is -0.481 e. The highest BCUT2D eigenvalue weighted by Crippen LogP contribution is 2.34. The largest absolute Gasteiger partial charge is 0.481 e. The maximum atomic E-state index is 11.7. The first-order valence-corrected chi connectivity index (χ1v) is 10.1. The average Bonchev–Trinajstić information content (AvgIpc) is 2.78. The Morgan fingerprint density at radius 3 is 2.00 bits per heavy atom. The Morgan fingerprint density at radius 2 is 1.45 bits per heavy atom. The lowest BCUT2D eigenvalue weighted by Gasteiger charge is -2.19. The van der Waals surface area contributed by atoms with Crippen LogP contribution < -0.4 is 5.73 Å². The Bertz CT molecular complexity index is 1070. The van der Waals surface area contributed by atoms with Crippen LogP contribution in [-0.2, 0) is 9.53 Å². The van der Waals surface area contributed by atoms with Crippen molar-refractivity contribution in [3.05, 3.63) is 107 Å². The van der Waals surface area contributed by atoms with Crippen molar-refractivity contribution in [1.82, 2.24) is 0 Å². The summed E-state index contributed by atoms with van der Waals surface area (Å²) in [6.07, 6.45) is -0.369. The Labute approximate surface area is 181 Å². The van der Waals surface area contributed by atoms with Crippen molar-refractivity contribution < 1.29 is 19.4 Å². The summed E-state index contributed by atoms with van der Waals surface area (Å²) in [5, 5.41) is 9.62. The number of carbonyl (C=O) groups is 2. The molecule has 3 rings (SSSR count). The summed E-state index contributed by atoms with van der Waals surface area (Å²) in [5.74, 6) is -1.45. The molecule has 0 aromatic heterocycles. The van der Waals surface area contributed by atoms with Gasteiger partial charge in [0.25, 0.3) is 0 Å². The highest BCUT2D eigenvalue weighted by atomic mass is 16.5. The van der Waals surface area contributed by atoms with E-state index in [-0.39, 0.29) is 6.61 Å². The number of hydrogen-bond acceptors (Lipinski definition) is 3. The zero-order valence-electron chi connectivity index (χ0n) is 17.3. The topological polar surface area (TPSA) is 89.6 Å². The fraction of sp³-hybridized carbons (Fsp3) is 0.154. The second-order valence-electron chi connectivity index (χ2n) is 7.12. The summed E-state index contributed by atoms with van der Waals surface area (Å²) >= 11 is 0. The average molecular weight is 415 g/mol. The summed E-state index contributed by atoms with van der Waals surface area (Å²) in [4.78, 5) is 23.1. The number of hydrogen-bond donors (Lipinski definition) is 2. The molecule has 31 heavy (non-hydrogen) atoms. The van der Waals surface area contributed by atoms with Crippen LogP contribution >= 0.6 is 0 Å². The van der Waals surface area contributed by atoms with Gasteiger partial charge in [-0.25, -0.2) is 4.79 Å². The molecule has 0 bridgehead atoms. The zero-order chi connectivity index (χ0) is 22.2. The molecule has 158 valence electrons. The van der Waals surface area contributed by atoms with E-state index in [1.54, 1.807) is 0 Å². The van der Waals surface area contributed by atoms with Gasteiger partial charge in [-0.15, -0.1) is 0 Å². The van der Waals surface area contributed by atoms with Gasteiger partial charge >= 0.3 is 12.1 Å². The molecule has 3 N–H and O–H groups in total. The SMILES string of the molecule is CCC(C(=O)O)c1cccc(C(=C(COC(N)=O)c2ccccc2)c2ccccc2)c1. The van der Waals surface area contributed by atoms with Crippen molar-refractivity contribution in [3.8, 4) is 0 Å². The van der Waals surface area contributed by atoms with E-state index in [1.165, 1.54) is 0 Å². The highest BCUT2D eigenvalue weighted by Gasteiger charge is 2.20. The molecular weight excluding hydrogens is 390 g/mol. The molecule has 0 saturated heterocycles. The zero-order valence-corrected chi connectivity index (χ0v) is 17.3. The number of ether oxygens (including phenoxy) is 1. The Balaban J connectivity index is 2.27. The maximum absolute atomic E-state index is 11.7. The van der Waals surface area contributed by atoms with Crippen LogP contribution in [0, 0.1) is 0 Å². The Hall–Kier alpha value is -3.86. The predicted molar refractivity (Wildman–Crippen MR) is 121 cm³/mol. The molecule has 0 spiro atoms. The molecule has 1 atom stereocenters. The summed E-state index contributed by atoms with van der Waals surface area (Å²) < 4.78 is 5.21. The van der Waals surface area contributed by atoms with Gasteiger partial charge in [0.1, 0.15) is 6.61 Å². The molecule has 5 nitrogen and oxygen atoms in total. The van der Waals surface area contributed by atoms with Gasteiger partial charge in [0.2, 0.25) is 0 Å². The van der Waals surface area contributed by atoms with Crippen LogP contribution in [0.15, 0.2) is 84.9 Å². The summed E-state index contributed by atoms with van der Waals surface area (Å²) in [5.41, 5.74) is 10.3. The molecule has 3 aromatic carbocycles. The lowest BCUT2D eigenvalue weighted by atomic mass is 9.87. The van der Waals surface area contributed by atoms with E-state index >= 15 is 0 Å². The lowest BCUT2D eigenvalue weighted by Crippen LogP contribution is -2.15. The predicted octanol–water partition coefficient (Wildman–Crippen LogP) is 5.32. The minimum atomic E-state index is -0.856. The van der Waals surface area contributed by atoms with Crippen LogP contribution in [0.5, 0.6) is 0 Å². The fourth-order valence-corrected chi connectivity index (χ4v) is 3.67. The van der Waals surface area contributed by atoms with Crippen molar-refractivity contribution in [2.24, 2.45) is 5.73 Å². The van der Waals surface area contributed by atoms with E-state index in [0.717, 1.165) is 33.4 Å². The smallest absolute Gasteiger partial charge is 0.404 e. The quantitative estimate of drug-likeness (QED) is 0.487. The minimum absolute atomic E-state index is 0.00998. The number of amides is 1. The molecule has 0 saturated carbocycles. The molecule has 0 aliphatic carbocycles. The molecule has 0 fully saturated rings. The van der Waals surface area contributed by atoms with Crippen LogP contribution in [0.25, 0.3) is 11.1 Å². The van der Waals surface area contributed by atoms with Crippen LogP contribution in [-0.4, -0.2) is 23.8 Å². The van der Waals surface area contributed by atoms with Crippen LogP contribution in [0.4, 0.5) is 4.79 Å². The Kier molecular flexibility index (Phi) is 7.22. The van der Waals surface area contributed by atoms with E-state index in [9.17, 15) is 14.7 Å². The molecule has 0 radical (unpaired) electrons. The molecule has 0 heterocycles. The van der Waals surface area contributed by atoms with E-state index < -0.39 is 18.0 Å². The molecule has 1 amide bonds. The number of nitrogens with two attached hydrogens (primary N) is 1. The van der Waals surface area contributed by atoms with Gasteiger partial charge in [0.15, 0.2) is 0 Å². The van der Waals surface area contributed by atoms with Crippen molar-refractivity contribution in [3.63, 3.8) is 0 Å². The first-order chi connectivity index (χ1) is 15.0. The van der Waals surface area contributed by atoms with Crippen molar-refractivity contribution in [1.29, 1.82) is 0 Å². The van der Waals surface area contributed by atoms with Crippen LogP contribution in [0.1, 0.15) is 41.5 Å². The first-order valence-electron chi connectivity index (χ1n) is 10.1. The number of aliphatic carboxylic acids is 1. The van der Waals surface area contributed by atoms with E-state index in [1.807, 2.05) is 91.9 Å². The maximum Gasteiger partial charge on any atom is 0.404 e. The normalized spacial score (nSPS) is 12.5. The highest BCUT2D eigenvalue weighted by molar-refractivity contribution is 5.99. The summed E-state index contributed by atoms with van der Waals surface area (Å²) in [6.45, 7) is 1.85. The third kappa shape index (κ3) is 5.39. The lowest BCUT2D eigenvalue weighted by molar-refractivity contribution is -0.138. The second kappa shape index (κ2) is 10.3. The first kappa shape index (κ1) is 21.8. The molecule has 3 aromatic rings. The number of carbonyl (C=O) groups excluding carboxylic acids is 1. The second-order valence-corrected chi connectivity index (χ2v) is 7.12. The monoisotopic (exact) mass is 415 g/mol. The number of primary amides is 1. The van der Waals surface area contributed by atoms with Gasteiger partial charge in [-0.05, 0) is 34.2 Å². The van der Waals surface area contributed by atoms with Crippen molar-refractivity contribution in [2.45, 2.75) is 19.3 Å². The third-order valence-corrected chi connectivity index (χ3v) is 5.13. The van der Waals surface area contributed by atoms with Gasteiger partial charge in [-0.1, -0.05) is 91.9 Å². The molecule has 5 heteroatoms. The molecule has 1 unspecified atom stereocenters. The number of rotatable bonds is 8. The van der Waals surface area contributed by atoms with Crippen LogP contribution in [0.2, 0.25) is 0 Å². The van der Waals surface area contributed by atoms with E-state index in [0.29, 0.717) is 6.42 Å². The fourth-order valence-electron chi connectivity index (χ4n) is 3.67. The number of benzene rings is 3. The molecular formula is C26H25NO4. The van der Waals surface area contributed by atoms with Crippen molar-refractivity contribution >= 4 is 23.2 Å². The van der Waals surface area contributed by atoms with Crippen molar-refractivity contribution in [2.75, 3.05) is 6.61 Å². The third-order valence-electron chi connectivity index (χ3n) is 5.13. The molecule has 0 aliphatic heterocycles. The summed E-state index contributed by atoms with van der Waals surface area (Å²) in [6, 6.07) is 26.9. The van der Waals surface area contributed by atoms with Crippen LogP contribution in [0.3, 0.4) is 0 Å². The molecule has 0 aliphatic rings. The number of carboxylic acid groups (broad SMARTS) is 1. The van der Waals surface area contributed by atoms with Gasteiger partial charge in [0.05, 0.1) is 5.92 Å². The van der Waals surface area contributed by atoms with E-state index in [2.05, 4.69) is 0 Å². The van der Waals surface area contributed by atoms with Gasteiger partial charge in [0, 0.05) is 5.57 Å².